The van der Waals surface area contributed by atoms with Crippen LogP contribution in [0, 0.1) is 0 Å². The number of sulfonamides is 1. The lowest BCUT2D eigenvalue weighted by Crippen LogP contribution is -2.34. The molecule has 0 aliphatic carbocycles. The number of hydrogen-bond donors (Lipinski definition) is 1. The first kappa shape index (κ1) is 20.1. The Kier molecular flexibility index (Phi) is 6.88. The van der Waals surface area contributed by atoms with E-state index < -0.39 is 10.0 Å². The van der Waals surface area contributed by atoms with E-state index in [2.05, 4.69) is 4.72 Å². The number of hydrogen-bond acceptors (Lipinski definition) is 4. The number of rotatable bonds is 8. The third-order valence-corrected chi connectivity index (χ3v) is 5.38. The maximum absolute atomic E-state index is 12.4. The van der Waals surface area contributed by atoms with Gasteiger partial charge in [-0.3, -0.25) is 9.52 Å². The molecule has 6 nitrogen and oxygen atoms in total. The summed E-state index contributed by atoms with van der Waals surface area (Å²) in [4.78, 5) is 13.6. The van der Waals surface area contributed by atoms with E-state index >= 15 is 0 Å². The maximum atomic E-state index is 12.4. The SMILES string of the molecule is CCN(CC)C(=O)COc1ccc(S(=O)(=O)Nc2ccccc2)cc1Cl. The van der Waals surface area contributed by atoms with Gasteiger partial charge >= 0.3 is 0 Å². The minimum Gasteiger partial charge on any atom is -0.482 e. The highest BCUT2D eigenvalue weighted by atomic mass is 35.5. The lowest BCUT2D eigenvalue weighted by molar-refractivity contribution is -0.132. The van der Waals surface area contributed by atoms with Crippen molar-refractivity contribution in [1.82, 2.24) is 4.90 Å². The van der Waals surface area contributed by atoms with Crippen molar-refractivity contribution in [3.8, 4) is 5.75 Å². The molecular weight excluding hydrogens is 376 g/mol. The summed E-state index contributed by atoms with van der Waals surface area (Å²) in [5, 5.41) is 0.119. The molecule has 8 heteroatoms. The van der Waals surface area contributed by atoms with Crippen molar-refractivity contribution in [1.29, 1.82) is 0 Å². The van der Waals surface area contributed by atoms with Gasteiger partial charge in [0, 0.05) is 18.8 Å². The van der Waals surface area contributed by atoms with E-state index in [-0.39, 0.29) is 28.2 Å². The number of nitrogens with zero attached hydrogens (tertiary/aromatic N) is 1. The van der Waals surface area contributed by atoms with Crippen LogP contribution in [0.15, 0.2) is 53.4 Å². The number of halogens is 1. The van der Waals surface area contributed by atoms with Crippen LogP contribution in [0.2, 0.25) is 5.02 Å². The van der Waals surface area contributed by atoms with Crippen LogP contribution in [0.5, 0.6) is 5.75 Å². The maximum Gasteiger partial charge on any atom is 0.261 e. The fourth-order valence-electron chi connectivity index (χ4n) is 2.29. The fraction of sp³-hybridized carbons (Fsp3) is 0.278. The lowest BCUT2D eigenvalue weighted by atomic mass is 10.3. The Balaban J connectivity index is 2.10. The standard InChI is InChI=1S/C18H21ClN2O4S/c1-3-21(4-2)18(22)13-25-17-11-10-15(12-16(17)19)26(23,24)20-14-8-6-5-7-9-14/h5-12,20H,3-4,13H2,1-2H3. The smallest absolute Gasteiger partial charge is 0.261 e. The molecule has 1 amide bonds. The molecule has 26 heavy (non-hydrogen) atoms. The highest BCUT2D eigenvalue weighted by molar-refractivity contribution is 7.92. The van der Waals surface area contributed by atoms with E-state index in [9.17, 15) is 13.2 Å². The van der Waals surface area contributed by atoms with Gasteiger partial charge in [0.05, 0.1) is 9.92 Å². The fourth-order valence-corrected chi connectivity index (χ4v) is 3.68. The van der Waals surface area contributed by atoms with Gasteiger partial charge in [0.1, 0.15) is 5.75 Å². The van der Waals surface area contributed by atoms with Crippen LogP contribution in [0.1, 0.15) is 13.8 Å². The largest absolute Gasteiger partial charge is 0.482 e. The summed E-state index contributed by atoms with van der Waals surface area (Å²) in [6.45, 7) is 4.79. The van der Waals surface area contributed by atoms with Crippen molar-refractivity contribution >= 4 is 33.2 Å². The molecule has 2 aromatic carbocycles. The summed E-state index contributed by atoms with van der Waals surface area (Å²) in [5.41, 5.74) is 0.453. The number of benzene rings is 2. The topological polar surface area (TPSA) is 75.7 Å². The Morgan fingerprint density at radius 2 is 1.77 bits per heavy atom. The van der Waals surface area contributed by atoms with Crippen LogP contribution in [0.25, 0.3) is 0 Å². The van der Waals surface area contributed by atoms with E-state index in [0.29, 0.717) is 18.8 Å². The van der Waals surface area contributed by atoms with E-state index in [1.807, 2.05) is 13.8 Å². The normalized spacial score (nSPS) is 11.0. The third-order valence-electron chi connectivity index (χ3n) is 3.71. The molecule has 0 heterocycles. The highest BCUT2D eigenvalue weighted by Crippen LogP contribution is 2.28. The third kappa shape index (κ3) is 5.12. The number of para-hydroxylation sites is 1. The molecule has 0 aliphatic heterocycles. The molecular formula is C18H21ClN2O4S. The van der Waals surface area contributed by atoms with Crippen LogP contribution in [0.3, 0.4) is 0 Å². The Morgan fingerprint density at radius 3 is 2.35 bits per heavy atom. The van der Waals surface area contributed by atoms with E-state index in [1.165, 1.54) is 18.2 Å². The van der Waals surface area contributed by atoms with Crippen molar-refractivity contribution in [3.63, 3.8) is 0 Å². The second-order valence-electron chi connectivity index (χ2n) is 5.42. The van der Waals surface area contributed by atoms with Gasteiger partial charge in [-0.15, -0.1) is 0 Å². The molecule has 0 bridgehead atoms. The van der Waals surface area contributed by atoms with Gasteiger partial charge in [-0.2, -0.15) is 0 Å². The number of amides is 1. The molecule has 2 aromatic rings. The van der Waals surface area contributed by atoms with Gasteiger partial charge in [-0.05, 0) is 44.2 Å². The molecule has 1 N–H and O–H groups in total. The zero-order valence-electron chi connectivity index (χ0n) is 14.6. The Labute approximate surface area is 158 Å². The van der Waals surface area contributed by atoms with E-state index in [4.69, 9.17) is 16.3 Å². The molecule has 0 spiro atoms. The second-order valence-corrected chi connectivity index (χ2v) is 7.51. The van der Waals surface area contributed by atoms with Gasteiger partial charge in [0.15, 0.2) is 6.61 Å². The van der Waals surface area contributed by atoms with E-state index in [1.54, 1.807) is 35.2 Å². The van der Waals surface area contributed by atoms with Crippen LogP contribution >= 0.6 is 11.6 Å². The zero-order valence-corrected chi connectivity index (χ0v) is 16.2. The monoisotopic (exact) mass is 396 g/mol. The minimum absolute atomic E-state index is 0.00812. The van der Waals surface area contributed by atoms with E-state index in [0.717, 1.165) is 0 Å². The van der Waals surface area contributed by atoms with Crippen molar-refractivity contribution in [2.24, 2.45) is 0 Å². The summed E-state index contributed by atoms with van der Waals surface area (Å²) in [5.74, 6) is 0.0966. The lowest BCUT2D eigenvalue weighted by Gasteiger charge is -2.19. The number of ether oxygens (including phenoxy) is 1. The van der Waals surface area contributed by atoms with Crippen molar-refractivity contribution in [3.05, 3.63) is 53.6 Å². The first-order valence-electron chi connectivity index (χ1n) is 8.15. The van der Waals surface area contributed by atoms with Crippen molar-refractivity contribution in [2.75, 3.05) is 24.4 Å². The number of anilines is 1. The van der Waals surface area contributed by atoms with Crippen molar-refractivity contribution < 1.29 is 17.9 Å². The molecule has 0 saturated carbocycles. The van der Waals surface area contributed by atoms with Crippen molar-refractivity contribution in [2.45, 2.75) is 18.7 Å². The summed E-state index contributed by atoms with van der Waals surface area (Å²) in [6, 6.07) is 12.7. The Hall–Kier alpha value is -2.25. The quantitative estimate of drug-likeness (QED) is 0.742. The van der Waals surface area contributed by atoms with Gasteiger partial charge < -0.3 is 9.64 Å². The molecule has 0 atom stereocenters. The number of carbonyl (C=O) groups is 1. The van der Waals surface area contributed by atoms with Crippen LogP contribution in [0.4, 0.5) is 5.69 Å². The van der Waals surface area contributed by atoms with Gasteiger partial charge in [-0.25, -0.2) is 8.42 Å². The molecule has 0 unspecified atom stereocenters. The molecule has 0 saturated heterocycles. The molecule has 0 fully saturated rings. The first-order valence-corrected chi connectivity index (χ1v) is 10.0. The van der Waals surface area contributed by atoms with Crippen LogP contribution in [-0.2, 0) is 14.8 Å². The number of likely N-dealkylation sites (N-methyl/N-ethyl adjacent to an activating group) is 1. The zero-order chi connectivity index (χ0) is 19.2. The Bertz CT molecular complexity index is 853. The summed E-state index contributed by atoms with van der Waals surface area (Å²) in [7, 11) is -3.77. The molecule has 0 aliphatic rings. The molecule has 0 radical (unpaired) electrons. The second kappa shape index (κ2) is 8.91. The summed E-state index contributed by atoms with van der Waals surface area (Å²) < 4.78 is 32.8. The number of nitrogens with one attached hydrogen (secondary N) is 1. The minimum atomic E-state index is -3.77. The van der Waals surface area contributed by atoms with Crippen LogP contribution < -0.4 is 9.46 Å². The van der Waals surface area contributed by atoms with Gasteiger partial charge in [0.25, 0.3) is 15.9 Å². The average Bonchev–Trinajstić information content (AvgIpc) is 2.62. The first-order chi connectivity index (χ1) is 12.4. The average molecular weight is 397 g/mol. The summed E-state index contributed by atoms with van der Waals surface area (Å²) in [6.07, 6.45) is 0. The van der Waals surface area contributed by atoms with Gasteiger partial charge in [0.2, 0.25) is 0 Å². The summed E-state index contributed by atoms with van der Waals surface area (Å²) >= 11 is 6.13. The highest BCUT2D eigenvalue weighted by Gasteiger charge is 2.17. The predicted molar refractivity (Wildman–Crippen MR) is 102 cm³/mol. The molecule has 140 valence electrons. The molecule has 2 rings (SSSR count). The van der Waals surface area contributed by atoms with Crippen LogP contribution in [-0.4, -0.2) is 38.9 Å². The molecule has 0 aromatic heterocycles. The van der Waals surface area contributed by atoms with Gasteiger partial charge in [-0.1, -0.05) is 29.8 Å². The Morgan fingerprint density at radius 1 is 1.12 bits per heavy atom. The number of carbonyl (C=O) groups excluding carboxylic acids is 1. The predicted octanol–water partition coefficient (Wildman–Crippen LogP) is 3.39.